The van der Waals surface area contributed by atoms with E-state index in [0.717, 1.165) is 16.3 Å². The van der Waals surface area contributed by atoms with Gasteiger partial charge in [0.1, 0.15) is 0 Å². The number of carboxylic acids is 1. The molecule has 29 heavy (non-hydrogen) atoms. The number of hydrogen-bond acceptors (Lipinski definition) is 4. The monoisotopic (exact) mass is 388 g/mol. The fourth-order valence-corrected chi connectivity index (χ4v) is 3.05. The first kappa shape index (κ1) is 20.1. The van der Waals surface area contributed by atoms with Crippen LogP contribution < -0.4 is 5.32 Å². The molecular formula is C23H20N2O4. The molecule has 0 aliphatic heterocycles. The van der Waals surface area contributed by atoms with Crippen molar-refractivity contribution >= 4 is 22.6 Å². The summed E-state index contributed by atoms with van der Waals surface area (Å²) in [6, 6.07) is 22.0. The van der Waals surface area contributed by atoms with E-state index < -0.39 is 24.0 Å². The molecule has 2 unspecified atom stereocenters. The Labute approximate surface area is 168 Å². The summed E-state index contributed by atoms with van der Waals surface area (Å²) in [5, 5.41) is 22.7. The fourth-order valence-electron chi connectivity index (χ4n) is 3.05. The van der Waals surface area contributed by atoms with Gasteiger partial charge >= 0.3 is 5.97 Å². The second-order valence-electron chi connectivity index (χ2n) is 6.64. The fraction of sp³-hybridized carbons (Fsp3) is 0.174. The van der Waals surface area contributed by atoms with E-state index >= 15 is 0 Å². The maximum Gasteiger partial charge on any atom is 0.354 e. The summed E-state index contributed by atoms with van der Waals surface area (Å²) in [4.78, 5) is 24.3. The smallest absolute Gasteiger partial charge is 0.354 e. The molecule has 6 heteroatoms. The largest absolute Gasteiger partial charge is 0.478 e. The van der Waals surface area contributed by atoms with Gasteiger partial charge in [0.15, 0.2) is 0 Å². The summed E-state index contributed by atoms with van der Waals surface area (Å²) >= 11 is 0. The molecule has 0 aliphatic carbocycles. The number of carbonyl (C=O) groups excluding carboxylic acids is 1. The minimum atomic E-state index is -1.48. The van der Waals surface area contributed by atoms with Crippen molar-refractivity contribution in [2.75, 3.05) is 0 Å². The number of nitriles is 1. The number of nitrogens with zero attached hydrogens (tertiary/aromatic N) is 1. The number of fused-ring (bicyclic) bond motifs is 1. The standard InChI is InChI=1S/C23H20N2O4/c1-15(19-8-4-6-18-5-2-3-7-20(18)19)21(26)25-22(23(27)28)29-14-17-11-9-16(13-24)10-12-17/h2-12,15,22H,14H2,1H3,(H,25,26)(H,27,28). The molecule has 0 spiro atoms. The van der Waals surface area contributed by atoms with Crippen molar-refractivity contribution in [3.8, 4) is 6.07 Å². The van der Waals surface area contributed by atoms with Gasteiger partial charge < -0.3 is 15.2 Å². The quantitative estimate of drug-likeness (QED) is 0.603. The Morgan fingerprint density at radius 3 is 2.45 bits per heavy atom. The van der Waals surface area contributed by atoms with Crippen molar-refractivity contribution in [3.63, 3.8) is 0 Å². The molecule has 1 amide bonds. The number of amides is 1. The van der Waals surface area contributed by atoms with E-state index in [9.17, 15) is 14.7 Å². The number of carboxylic acid groups (broad SMARTS) is 1. The van der Waals surface area contributed by atoms with E-state index in [4.69, 9.17) is 10.00 Å². The van der Waals surface area contributed by atoms with Gasteiger partial charge in [0, 0.05) is 0 Å². The van der Waals surface area contributed by atoms with Gasteiger partial charge in [0.2, 0.25) is 12.1 Å². The van der Waals surface area contributed by atoms with Crippen LogP contribution in [-0.4, -0.2) is 23.2 Å². The molecule has 3 aromatic rings. The topological polar surface area (TPSA) is 99.4 Å². The van der Waals surface area contributed by atoms with Crippen LogP contribution in [0.4, 0.5) is 0 Å². The van der Waals surface area contributed by atoms with Crippen molar-refractivity contribution < 1.29 is 19.4 Å². The number of aliphatic carboxylic acids is 1. The van der Waals surface area contributed by atoms with Gasteiger partial charge in [-0.1, -0.05) is 54.6 Å². The zero-order chi connectivity index (χ0) is 20.8. The summed E-state index contributed by atoms with van der Waals surface area (Å²) in [5.74, 6) is -2.27. The molecule has 0 aliphatic rings. The average Bonchev–Trinajstić information content (AvgIpc) is 2.75. The SMILES string of the molecule is CC(C(=O)NC(OCc1ccc(C#N)cc1)C(=O)O)c1cccc2ccccc12. The Hall–Kier alpha value is -3.69. The Bertz CT molecular complexity index is 1060. The van der Waals surface area contributed by atoms with Crippen molar-refractivity contribution in [2.45, 2.75) is 25.7 Å². The number of carbonyl (C=O) groups is 2. The van der Waals surface area contributed by atoms with E-state index in [2.05, 4.69) is 5.32 Å². The Morgan fingerprint density at radius 2 is 1.76 bits per heavy atom. The number of ether oxygens (including phenoxy) is 1. The molecule has 0 saturated carbocycles. The predicted octanol–water partition coefficient (Wildman–Crippen LogP) is 3.56. The molecule has 3 aromatic carbocycles. The molecule has 6 nitrogen and oxygen atoms in total. The summed E-state index contributed by atoms with van der Waals surface area (Å²) in [6.45, 7) is 1.72. The van der Waals surface area contributed by atoms with Crippen LogP contribution >= 0.6 is 0 Å². The van der Waals surface area contributed by atoms with Gasteiger partial charge in [0.25, 0.3) is 0 Å². The lowest BCUT2D eigenvalue weighted by Crippen LogP contribution is -2.44. The molecule has 0 heterocycles. The minimum absolute atomic E-state index is 0.00833. The molecule has 0 radical (unpaired) electrons. The van der Waals surface area contributed by atoms with E-state index in [1.54, 1.807) is 31.2 Å². The molecular weight excluding hydrogens is 368 g/mol. The number of rotatable bonds is 7. The van der Waals surface area contributed by atoms with Crippen molar-refractivity contribution in [1.82, 2.24) is 5.32 Å². The highest BCUT2D eigenvalue weighted by Gasteiger charge is 2.25. The minimum Gasteiger partial charge on any atom is -0.478 e. The molecule has 3 rings (SSSR count). The Kier molecular flexibility index (Phi) is 6.22. The Morgan fingerprint density at radius 1 is 1.07 bits per heavy atom. The lowest BCUT2D eigenvalue weighted by Gasteiger charge is -2.19. The maximum atomic E-state index is 12.7. The first-order chi connectivity index (χ1) is 14.0. The summed E-state index contributed by atoms with van der Waals surface area (Å²) < 4.78 is 5.39. The van der Waals surface area contributed by atoms with Gasteiger partial charge in [-0.2, -0.15) is 5.26 Å². The van der Waals surface area contributed by atoms with E-state index in [0.29, 0.717) is 11.1 Å². The van der Waals surface area contributed by atoms with Crippen LogP contribution in [0.15, 0.2) is 66.7 Å². The second-order valence-corrected chi connectivity index (χ2v) is 6.64. The number of hydrogen-bond donors (Lipinski definition) is 2. The first-order valence-corrected chi connectivity index (χ1v) is 9.11. The lowest BCUT2D eigenvalue weighted by molar-refractivity contribution is -0.157. The number of benzene rings is 3. The van der Waals surface area contributed by atoms with Crippen LogP contribution in [0.3, 0.4) is 0 Å². The van der Waals surface area contributed by atoms with Crippen LogP contribution in [0.2, 0.25) is 0 Å². The third-order valence-corrected chi connectivity index (χ3v) is 4.68. The van der Waals surface area contributed by atoms with E-state index in [1.165, 1.54) is 0 Å². The van der Waals surface area contributed by atoms with Crippen molar-refractivity contribution in [3.05, 3.63) is 83.4 Å². The summed E-state index contributed by atoms with van der Waals surface area (Å²) in [6.07, 6.45) is -1.48. The normalized spacial score (nSPS) is 12.7. The summed E-state index contributed by atoms with van der Waals surface area (Å²) in [5.41, 5.74) is 2.02. The van der Waals surface area contributed by atoms with E-state index in [1.807, 2.05) is 48.5 Å². The molecule has 0 fully saturated rings. The zero-order valence-corrected chi connectivity index (χ0v) is 15.8. The maximum absolute atomic E-state index is 12.7. The van der Waals surface area contributed by atoms with Crippen LogP contribution in [-0.2, 0) is 20.9 Å². The number of nitrogens with one attached hydrogen (secondary N) is 1. The van der Waals surface area contributed by atoms with Gasteiger partial charge in [0.05, 0.1) is 24.2 Å². The molecule has 2 N–H and O–H groups in total. The molecule has 0 bridgehead atoms. The van der Waals surface area contributed by atoms with Crippen LogP contribution in [0.25, 0.3) is 10.8 Å². The van der Waals surface area contributed by atoms with E-state index in [-0.39, 0.29) is 6.61 Å². The van der Waals surface area contributed by atoms with Gasteiger partial charge in [-0.3, -0.25) is 4.79 Å². The third-order valence-electron chi connectivity index (χ3n) is 4.68. The highest BCUT2D eigenvalue weighted by Crippen LogP contribution is 2.25. The predicted molar refractivity (Wildman–Crippen MR) is 108 cm³/mol. The van der Waals surface area contributed by atoms with Gasteiger partial charge in [-0.05, 0) is 41.0 Å². The molecule has 146 valence electrons. The molecule has 0 aromatic heterocycles. The van der Waals surface area contributed by atoms with Gasteiger partial charge in [-0.15, -0.1) is 0 Å². The highest BCUT2D eigenvalue weighted by molar-refractivity contribution is 5.93. The third kappa shape index (κ3) is 4.78. The van der Waals surface area contributed by atoms with Crippen LogP contribution in [0, 0.1) is 11.3 Å². The zero-order valence-electron chi connectivity index (χ0n) is 15.8. The highest BCUT2D eigenvalue weighted by atomic mass is 16.5. The Balaban J connectivity index is 1.70. The lowest BCUT2D eigenvalue weighted by atomic mass is 9.94. The van der Waals surface area contributed by atoms with Crippen molar-refractivity contribution in [1.29, 1.82) is 5.26 Å². The van der Waals surface area contributed by atoms with Crippen molar-refractivity contribution in [2.24, 2.45) is 0 Å². The first-order valence-electron chi connectivity index (χ1n) is 9.11. The average molecular weight is 388 g/mol. The molecule has 0 saturated heterocycles. The van der Waals surface area contributed by atoms with Crippen LogP contribution in [0.1, 0.15) is 29.5 Å². The van der Waals surface area contributed by atoms with Crippen LogP contribution in [0.5, 0.6) is 0 Å². The second kappa shape index (κ2) is 9.00. The molecule has 2 atom stereocenters. The van der Waals surface area contributed by atoms with Gasteiger partial charge in [-0.25, -0.2) is 4.79 Å². The summed E-state index contributed by atoms with van der Waals surface area (Å²) in [7, 11) is 0.